The summed E-state index contributed by atoms with van der Waals surface area (Å²) >= 11 is 3.34. The minimum atomic E-state index is -0.148. The molecule has 1 saturated heterocycles. The molecule has 0 saturated carbocycles. The number of hydrazine groups is 1. The van der Waals surface area contributed by atoms with Crippen molar-refractivity contribution in [2.24, 2.45) is 0 Å². The Morgan fingerprint density at radius 3 is 2.59 bits per heavy atom. The van der Waals surface area contributed by atoms with Gasteiger partial charge in [0.05, 0.1) is 19.6 Å². The van der Waals surface area contributed by atoms with Crippen molar-refractivity contribution in [2.45, 2.75) is 12.8 Å². The van der Waals surface area contributed by atoms with Crippen LogP contribution in [-0.2, 0) is 9.53 Å². The van der Waals surface area contributed by atoms with E-state index < -0.39 is 0 Å². The number of carbonyl (C=O) groups excluding carboxylic acids is 2. The topological polar surface area (TPSA) is 49.9 Å². The second kappa shape index (κ2) is 8.10. The lowest BCUT2D eigenvalue weighted by Gasteiger charge is -2.28. The van der Waals surface area contributed by atoms with Crippen molar-refractivity contribution < 1.29 is 14.3 Å². The Morgan fingerprint density at radius 2 is 1.91 bits per heavy atom. The summed E-state index contributed by atoms with van der Waals surface area (Å²) < 4.78 is 6.15. The van der Waals surface area contributed by atoms with E-state index in [1.54, 1.807) is 18.2 Å². The fraction of sp³-hybridized carbons (Fsp3) is 0.375. The summed E-state index contributed by atoms with van der Waals surface area (Å²) in [6.07, 6.45) is 2.70. The van der Waals surface area contributed by atoms with Gasteiger partial charge in [-0.25, -0.2) is 5.01 Å². The van der Waals surface area contributed by atoms with Crippen molar-refractivity contribution in [3.8, 4) is 0 Å². The van der Waals surface area contributed by atoms with E-state index in [0.717, 1.165) is 10.9 Å². The molecular weight excluding hydrogens is 348 g/mol. The van der Waals surface area contributed by atoms with Gasteiger partial charge >= 0.3 is 0 Å². The highest BCUT2D eigenvalue weighted by Crippen LogP contribution is 2.18. The molecule has 0 spiro atoms. The fourth-order valence-corrected chi connectivity index (χ4v) is 2.54. The molecule has 2 amide bonds. The third kappa shape index (κ3) is 4.18. The zero-order valence-electron chi connectivity index (χ0n) is 12.3. The van der Waals surface area contributed by atoms with Crippen LogP contribution in [0.1, 0.15) is 23.2 Å². The molecule has 1 aliphatic rings. The van der Waals surface area contributed by atoms with E-state index in [4.69, 9.17) is 4.74 Å². The van der Waals surface area contributed by atoms with Gasteiger partial charge in [-0.05, 0) is 30.7 Å². The molecule has 0 aromatic heterocycles. The van der Waals surface area contributed by atoms with Gasteiger partial charge in [-0.15, -0.1) is 6.58 Å². The molecule has 1 aromatic carbocycles. The van der Waals surface area contributed by atoms with Gasteiger partial charge in [-0.1, -0.05) is 22.0 Å². The molecule has 1 aliphatic heterocycles. The number of amides is 2. The van der Waals surface area contributed by atoms with Crippen molar-refractivity contribution in [3.05, 3.63) is 47.0 Å². The number of ether oxygens (including phenoxy) is 1. The van der Waals surface area contributed by atoms with Crippen LogP contribution in [0.5, 0.6) is 0 Å². The van der Waals surface area contributed by atoms with Crippen LogP contribution in [0.3, 0.4) is 0 Å². The maximum Gasteiger partial charge on any atom is 0.272 e. The van der Waals surface area contributed by atoms with Gasteiger partial charge in [-0.2, -0.15) is 0 Å². The summed E-state index contributed by atoms with van der Waals surface area (Å²) in [6.45, 7) is 5.45. The molecule has 0 bridgehead atoms. The predicted molar refractivity (Wildman–Crippen MR) is 87.1 cm³/mol. The van der Waals surface area contributed by atoms with E-state index in [9.17, 15) is 9.59 Å². The Labute approximate surface area is 138 Å². The van der Waals surface area contributed by atoms with E-state index in [-0.39, 0.29) is 18.2 Å². The second-order valence-electron chi connectivity index (χ2n) is 4.92. The zero-order valence-corrected chi connectivity index (χ0v) is 13.9. The standard InChI is InChI=1S/C16H19BrN2O3/c1-2-11-22-12-8-15(20)18-9-3-10-19(18)16(21)13-4-6-14(17)7-5-13/h2,4-7H,1,3,8-12H2. The van der Waals surface area contributed by atoms with Crippen molar-refractivity contribution >= 4 is 27.7 Å². The van der Waals surface area contributed by atoms with Crippen molar-refractivity contribution in [1.29, 1.82) is 0 Å². The molecule has 0 unspecified atom stereocenters. The summed E-state index contributed by atoms with van der Waals surface area (Å²) in [5.74, 6) is -0.239. The summed E-state index contributed by atoms with van der Waals surface area (Å²) in [5, 5.41) is 3.06. The Balaban J connectivity index is 1.97. The van der Waals surface area contributed by atoms with Crippen molar-refractivity contribution in [1.82, 2.24) is 10.0 Å². The van der Waals surface area contributed by atoms with E-state index in [0.29, 0.717) is 31.9 Å². The first-order valence-electron chi connectivity index (χ1n) is 7.20. The summed E-state index contributed by atoms with van der Waals surface area (Å²) in [4.78, 5) is 24.7. The number of rotatable bonds is 6. The van der Waals surface area contributed by atoms with Crippen LogP contribution >= 0.6 is 15.9 Å². The first-order valence-corrected chi connectivity index (χ1v) is 7.99. The quantitative estimate of drug-likeness (QED) is 0.574. The smallest absolute Gasteiger partial charge is 0.272 e. The third-order valence-electron chi connectivity index (χ3n) is 3.34. The van der Waals surface area contributed by atoms with E-state index in [1.165, 1.54) is 10.0 Å². The van der Waals surface area contributed by atoms with Crippen LogP contribution in [0.4, 0.5) is 0 Å². The third-order valence-corrected chi connectivity index (χ3v) is 3.87. The number of benzene rings is 1. The average molecular weight is 367 g/mol. The van der Waals surface area contributed by atoms with Crippen LogP contribution < -0.4 is 0 Å². The van der Waals surface area contributed by atoms with E-state index >= 15 is 0 Å². The van der Waals surface area contributed by atoms with E-state index in [2.05, 4.69) is 22.5 Å². The Hall–Kier alpha value is -1.66. The van der Waals surface area contributed by atoms with E-state index in [1.807, 2.05) is 12.1 Å². The SMILES string of the molecule is C=CCOCCC(=O)N1CCCN1C(=O)c1ccc(Br)cc1. The van der Waals surface area contributed by atoms with Crippen LogP contribution in [0.25, 0.3) is 0 Å². The van der Waals surface area contributed by atoms with Crippen molar-refractivity contribution in [2.75, 3.05) is 26.3 Å². The molecule has 1 fully saturated rings. The van der Waals surface area contributed by atoms with Crippen LogP contribution in [0, 0.1) is 0 Å². The maximum atomic E-state index is 12.5. The van der Waals surface area contributed by atoms with Crippen molar-refractivity contribution in [3.63, 3.8) is 0 Å². The molecule has 5 nitrogen and oxygen atoms in total. The molecule has 0 N–H and O–H groups in total. The highest BCUT2D eigenvalue weighted by atomic mass is 79.9. The van der Waals surface area contributed by atoms with Crippen LogP contribution in [-0.4, -0.2) is 48.1 Å². The first-order chi connectivity index (χ1) is 10.6. The number of nitrogens with zero attached hydrogens (tertiary/aromatic N) is 2. The lowest BCUT2D eigenvalue weighted by molar-refractivity contribution is -0.141. The largest absolute Gasteiger partial charge is 0.377 e. The molecule has 1 aromatic rings. The summed E-state index contributed by atoms with van der Waals surface area (Å²) in [7, 11) is 0. The number of hydrogen-bond acceptors (Lipinski definition) is 3. The van der Waals surface area contributed by atoms with Gasteiger partial charge in [0.15, 0.2) is 0 Å². The minimum absolute atomic E-state index is 0.0907. The molecule has 0 aliphatic carbocycles. The molecule has 118 valence electrons. The molecule has 22 heavy (non-hydrogen) atoms. The fourth-order valence-electron chi connectivity index (χ4n) is 2.28. The molecular formula is C16H19BrN2O3. The van der Waals surface area contributed by atoms with Gasteiger partial charge < -0.3 is 4.74 Å². The lowest BCUT2D eigenvalue weighted by Crippen LogP contribution is -2.45. The summed E-state index contributed by atoms with van der Waals surface area (Å²) in [5.41, 5.74) is 0.575. The molecule has 6 heteroatoms. The molecule has 0 radical (unpaired) electrons. The van der Waals surface area contributed by atoms with Gasteiger partial charge in [0.2, 0.25) is 5.91 Å². The van der Waals surface area contributed by atoms with Gasteiger partial charge in [0, 0.05) is 23.1 Å². The highest BCUT2D eigenvalue weighted by molar-refractivity contribution is 9.10. The number of carbonyl (C=O) groups is 2. The average Bonchev–Trinajstić information content (AvgIpc) is 3.01. The Morgan fingerprint density at radius 1 is 1.23 bits per heavy atom. The molecule has 2 rings (SSSR count). The predicted octanol–water partition coefficient (Wildman–Crippen LogP) is 2.63. The normalized spacial score (nSPS) is 14.2. The molecule has 1 heterocycles. The van der Waals surface area contributed by atoms with Gasteiger partial charge in [0.25, 0.3) is 5.91 Å². The monoisotopic (exact) mass is 366 g/mol. The number of hydrogen-bond donors (Lipinski definition) is 0. The second-order valence-corrected chi connectivity index (χ2v) is 5.83. The molecule has 0 atom stereocenters. The lowest BCUT2D eigenvalue weighted by atomic mass is 10.2. The Kier molecular flexibility index (Phi) is 6.15. The van der Waals surface area contributed by atoms with Gasteiger partial charge in [-0.3, -0.25) is 14.6 Å². The minimum Gasteiger partial charge on any atom is -0.377 e. The number of halogens is 1. The van der Waals surface area contributed by atoms with Crippen LogP contribution in [0.2, 0.25) is 0 Å². The Bertz CT molecular complexity index is 545. The zero-order chi connectivity index (χ0) is 15.9. The first kappa shape index (κ1) is 16.7. The highest BCUT2D eigenvalue weighted by Gasteiger charge is 2.30. The van der Waals surface area contributed by atoms with Gasteiger partial charge in [0.1, 0.15) is 0 Å². The van der Waals surface area contributed by atoms with Crippen LogP contribution in [0.15, 0.2) is 41.4 Å². The maximum absolute atomic E-state index is 12.5. The summed E-state index contributed by atoms with van der Waals surface area (Å²) in [6, 6.07) is 7.14.